The van der Waals surface area contributed by atoms with E-state index in [9.17, 15) is 5.11 Å². The number of nitrogens with zero attached hydrogens (tertiary/aromatic N) is 1. The van der Waals surface area contributed by atoms with E-state index in [1.807, 2.05) is 18.2 Å². The Morgan fingerprint density at radius 2 is 2.29 bits per heavy atom. The monoisotopic (exact) mass is 352 g/mol. The molecular formula is C18H28BClNO3. The minimum absolute atomic E-state index is 0.0205. The van der Waals surface area contributed by atoms with Crippen molar-refractivity contribution in [2.45, 2.75) is 38.2 Å². The standard InChI is InChI=1S/C18H28BClNO3/c1-3-9-18(24-12-11-22,15-6-4-8-17(20)13-15)16-7-5-10-21(14-16)19-23-2/h4,6,8,13,16,22H,3,5,7,9-12,14H2,1-2H3/t16-,18+/m1/s1. The van der Waals surface area contributed by atoms with Crippen LogP contribution in [0.15, 0.2) is 24.3 Å². The maximum absolute atomic E-state index is 9.35. The predicted molar refractivity (Wildman–Crippen MR) is 98.1 cm³/mol. The molecule has 2 rings (SSSR count). The lowest BCUT2D eigenvalue weighted by atomic mass is 9.73. The summed E-state index contributed by atoms with van der Waals surface area (Å²) in [6, 6.07) is 7.97. The van der Waals surface area contributed by atoms with Crippen molar-refractivity contribution in [3.05, 3.63) is 34.9 Å². The van der Waals surface area contributed by atoms with Crippen molar-refractivity contribution in [3.63, 3.8) is 0 Å². The van der Waals surface area contributed by atoms with Gasteiger partial charge in [-0.15, -0.1) is 0 Å². The zero-order chi connectivity index (χ0) is 17.4. The fourth-order valence-corrected chi connectivity index (χ4v) is 4.03. The summed E-state index contributed by atoms with van der Waals surface area (Å²) < 4.78 is 11.5. The third-order valence-electron chi connectivity index (χ3n) is 4.75. The van der Waals surface area contributed by atoms with Gasteiger partial charge in [-0.3, -0.25) is 0 Å². The van der Waals surface area contributed by atoms with Crippen LogP contribution in [0.4, 0.5) is 0 Å². The molecule has 133 valence electrons. The Bertz CT molecular complexity index is 503. The molecule has 2 atom stereocenters. The lowest BCUT2D eigenvalue weighted by Gasteiger charge is -2.45. The number of rotatable bonds is 9. The fraction of sp³-hybridized carbons (Fsp3) is 0.667. The van der Waals surface area contributed by atoms with E-state index in [4.69, 9.17) is 21.0 Å². The summed E-state index contributed by atoms with van der Waals surface area (Å²) in [4.78, 5) is 2.21. The molecule has 1 saturated heterocycles. The van der Waals surface area contributed by atoms with Gasteiger partial charge in [0.25, 0.3) is 0 Å². The Labute approximate surface area is 151 Å². The topological polar surface area (TPSA) is 41.9 Å². The Morgan fingerprint density at radius 1 is 1.46 bits per heavy atom. The zero-order valence-electron chi connectivity index (χ0n) is 14.7. The van der Waals surface area contributed by atoms with E-state index in [2.05, 4.69) is 17.8 Å². The van der Waals surface area contributed by atoms with Crippen LogP contribution in [0.2, 0.25) is 5.02 Å². The van der Waals surface area contributed by atoms with Gasteiger partial charge in [-0.2, -0.15) is 0 Å². The Kier molecular flexibility index (Phi) is 8.05. The summed E-state index contributed by atoms with van der Waals surface area (Å²) in [5.74, 6) is 0.322. The largest absolute Gasteiger partial charge is 0.427 e. The summed E-state index contributed by atoms with van der Waals surface area (Å²) in [5.41, 5.74) is 0.678. The van der Waals surface area contributed by atoms with Gasteiger partial charge < -0.3 is 19.3 Å². The molecule has 4 nitrogen and oxygen atoms in total. The quantitative estimate of drug-likeness (QED) is 0.693. The second kappa shape index (κ2) is 9.78. The van der Waals surface area contributed by atoms with Crippen LogP contribution in [0.1, 0.15) is 38.2 Å². The van der Waals surface area contributed by atoms with Gasteiger partial charge in [0, 0.05) is 18.1 Å². The van der Waals surface area contributed by atoms with E-state index >= 15 is 0 Å². The molecule has 0 amide bonds. The molecule has 0 spiro atoms. The molecule has 6 heteroatoms. The summed E-state index contributed by atoms with van der Waals surface area (Å²) in [6.45, 7) is 4.40. The highest BCUT2D eigenvalue weighted by Gasteiger charge is 2.42. The van der Waals surface area contributed by atoms with E-state index in [-0.39, 0.29) is 6.61 Å². The third-order valence-corrected chi connectivity index (χ3v) is 4.99. The highest BCUT2D eigenvalue weighted by Crippen LogP contribution is 2.43. The minimum Gasteiger partial charge on any atom is -0.427 e. The van der Waals surface area contributed by atoms with Crippen LogP contribution in [0, 0.1) is 5.92 Å². The number of hydrogen-bond acceptors (Lipinski definition) is 4. The first-order chi connectivity index (χ1) is 11.7. The Balaban J connectivity index is 2.36. The molecular weight excluding hydrogens is 324 g/mol. The number of piperidine rings is 1. The molecule has 1 heterocycles. The average molecular weight is 353 g/mol. The SMILES string of the molecule is CCC[C@](OCCO)(c1cccc(Cl)c1)[C@@H]1CCCN([B]OC)C1. The normalized spacial score (nSPS) is 21.4. The van der Waals surface area contributed by atoms with Crippen LogP contribution in [0.3, 0.4) is 0 Å². The molecule has 1 aromatic carbocycles. The predicted octanol–water partition coefficient (Wildman–Crippen LogP) is 3.24. The maximum Gasteiger partial charge on any atom is 0.398 e. The van der Waals surface area contributed by atoms with Crippen LogP contribution in [0.25, 0.3) is 0 Å². The van der Waals surface area contributed by atoms with E-state index in [0.29, 0.717) is 12.5 Å². The highest BCUT2D eigenvalue weighted by atomic mass is 35.5. The second-order valence-electron chi connectivity index (χ2n) is 6.40. The third kappa shape index (κ3) is 4.74. The summed E-state index contributed by atoms with van der Waals surface area (Å²) in [7, 11) is 3.48. The minimum atomic E-state index is -0.428. The van der Waals surface area contributed by atoms with Gasteiger partial charge in [-0.25, -0.2) is 0 Å². The summed E-state index contributed by atoms with van der Waals surface area (Å²) in [5, 5.41) is 10.1. The van der Waals surface area contributed by atoms with Crippen LogP contribution in [-0.4, -0.2) is 50.9 Å². The van der Waals surface area contributed by atoms with E-state index in [1.165, 1.54) is 0 Å². The molecule has 0 saturated carbocycles. The molecule has 24 heavy (non-hydrogen) atoms. The van der Waals surface area contributed by atoms with Gasteiger partial charge >= 0.3 is 7.62 Å². The first-order valence-electron chi connectivity index (χ1n) is 8.77. The van der Waals surface area contributed by atoms with Crippen LogP contribution in [-0.2, 0) is 15.0 Å². The molecule has 0 aliphatic carbocycles. The number of ether oxygens (including phenoxy) is 1. The number of benzene rings is 1. The summed E-state index contributed by atoms with van der Waals surface area (Å²) in [6.07, 6.45) is 4.09. The zero-order valence-corrected chi connectivity index (χ0v) is 15.5. The van der Waals surface area contributed by atoms with E-state index in [1.54, 1.807) is 14.7 Å². The van der Waals surface area contributed by atoms with Crippen molar-refractivity contribution in [2.24, 2.45) is 5.92 Å². The number of halogens is 1. The van der Waals surface area contributed by atoms with Gasteiger partial charge in [-0.1, -0.05) is 37.1 Å². The number of hydrogen-bond donors (Lipinski definition) is 1. The molecule has 1 aliphatic heterocycles. The second-order valence-corrected chi connectivity index (χ2v) is 6.83. The maximum atomic E-state index is 9.35. The molecule has 1 radical (unpaired) electrons. The Hall–Kier alpha value is -0.585. The van der Waals surface area contributed by atoms with Gasteiger partial charge in [-0.05, 0) is 50.0 Å². The van der Waals surface area contributed by atoms with Gasteiger partial charge in [0.15, 0.2) is 0 Å². The number of aliphatic hydroxyl groups excluding tert-OH is 1. The highest BCUT2D eigenvalue weighted by molar-refractivity contribution is 6.30. The molecule has 0 aromatic heterocycles. The Morgan fingerprint density at radius 3 is 2.96 bits per heavy atom. The molecule has 1 N–H and O–H groups in total. The van der Waals surface area contributed by atoms with Crippen molar-refractivity contribution < 1.29 is 14.5 Å². The first kappa shape index (κ1) is 19.7. The number of aliphatic hydroxyl groups is 1. The molecule has 1 aliphatic rings. The van der Waals surface area contributed by atoms with Gasteiger partial charge in [0.05, 0.1) is 18.8 Å². The lowest BCUT2D eigenvalue weighted by molar-refractivity contribution is -0.119. The lowest BCUT2D eigenvalue weighted by Crippen LogP contribution is -2.49. The average Bonchev–Trinajstić information content (AvgIpc) is 2.59. The van der Waals surface area contributed by atoms with Crippen molar-refractivity contribution in [1.29, 1.82) is 0 Å². The van der Waals surface area contributed by atoms with Crippen molar-refractivity contribution in [2.75, 3.05) is 33.4 Å². The molecule has 0 bridgehead atoms. The molecule has 1 aromatic rings. The van der Waals surface area contributed by atoms with E-state index < -0.39 is 5.60 Å². The van der Waals surface area contributed by atoms with E-state index in [0.717, 1.165) is 49.4 Å². The summed E-state index contributed by atoms with van der Waals surface area (Å²) >= 11 is 6.26. The van der Waals surface area contributed by atoms with Gasteiger partial charge in [0.1, 0.15) is 0 Å². The van der Waals surface area contributed by atoms with Crippen molar-refractivity contribution in [3.8, 4) is 0 Å². The van der Waals surface area contributed by atoms with Crippen molar-refractivity contribution >= 4 is 19.2 Å². The first-order valence-corrected chi connectivity index (χ1v) is 9.15. The smallest absolute Gasteiger partial charge is 0.398 e. The van der Waals surface area contributed by atoms with Crippen LogP contribution < -0.4 is 0 Å². The fourth-order valence-electron chi connectivity index (χ4n) is 3.84. The van der Waals surface area contributed by atoms with Crippen LogP contribution in [0.5, 0.6) is 0 Å². The van der Waals surface area contributed by atoms with Crippen molar-refractivity contribution in [1.82, 2.24) is 4.81 Å². The van der Waals surface area contributed by atoms with Crippen LogP contribution >= 0.6 is 11.6 Å². The molecule has 1 fully saturated rings. The molecule has 0 unspecified atom stereocenters. The van der Waals surface area contributed by atoms with Gasteiger partial charge in [0.2, 0.25) is 0 Å².